The lowest BCUT2D eigenvalue weighted by Crippen LogP contribution is -2.10. The van der Waals surface area contributed by atoms with Crippen molar-refractivity contribution in [3.63, 3.8) is 0 Å². The van der Waals surface area contributed by atoms with E-state index in [1.807, 2.05) is 13.0 Å². The van der Waals surface area contributed by atoms with Crippen LogP contribution in [-0.4, -0.2) is 15.1 Å². The Bertz CT molecular complexity index is 468. The third-order valence-corrected chi connectivity index (χ3v) is 2.63. The van der Waals surface area contributed by atoms with Crippen LogP contribution in [0.1, 0.15) is 25.2 Å². The molecule has 2 heterocycles. The number of rotatable bonds is 3. The van der Waals surface area contributed by atoms with Crippen molar-refractivity contribution in [1.82, 2.24) is 15.1 Å². The molecule has 0 aliphatic heterocycles. The van der Waals surface area contributed by atoms with Gasteiger partial charge in [0.1, 0.15) is 5.69 Å². The normalized spacial score (nSPS) is 12.7. The fraction of sp³-hybridized carbons (Fsp3) is 0.300. The second kappa shape index (κ2) is 4.71. The monoisotopic (exact) mass is 282 g/mol. The summed E-state index contributed by atoms with van der Waals surface area (Å²) in [6.07, 6.45) is 2.45. The van der Waals surface area contributed by atoms with Gasteiger partial charge in [0.25, 0.3) is 5.89 Å². The van der Waals surface area contributed by atoms with E-state index in [1.54, 1.807) is 12.3 Å². The Balaban J connectivity index is 2.28. The highest BCUT2D eigenvalue weighted by Gasteiger charge is 2.14. The molecule has 0 spiro atoms. The molecule has 0 saturated heterocycles. The summed E-state index contributed by atoms with van der Waals surface area (Å²) in [5.41, 5.74) is 6.44. The summed E-state index contributed by atoms with van der Waals surface area (Å²) in [6.45, 7) is 1.97. The van der Waals surface area contributed by atoms with Gasteiger partial charge < -0.3 is 10.3 Å². The molecule has 0 aliphatic rings. The van der Waals surface area contributed by atoms with E-state index in [1.165, 1.54) is 0 Å². The van der Waals surface area contributed by atoms with Gasteiger partial charge in [0.2, 0.25) is 0 Å². The summed E-state index contributed by atoms with van der Waals surface area (Å²) >= 11 is 3.31. The van der Waals surface area contributed by atoms with E-state index in [-0.39, 0.29) is 6.04 Å². The SMILES string of the molecule is CCC(N)c1noc(-c2ccc(Br)cn2)n1. The third kappa shape index (κ3) is 2.28. The minimum Gasteiger partial charge on any atom is -0.332 e. The molecule has 2 N–H and O–H groups in total. The highest BCUT2D eigenvalue weighted by Crippen LogP contribution is 2.19. The highest BCUT2D eigenvalue weighted by atomic mass is 79.9. The molecule has 0 fully saturated rings. The zero-order valence-electron chi connectivity index (χ0n) is 8.72. The molecule has 0 amide bonds. The largest absolute Gasteiger partial charge is 0.332 e. The molecule has 1 atom stereocenters. The first kappa shape index (κ1) is 11.2. The second-order valence-corrected chi connectivity index (χ2v) is 4.25. The van der Waals surface area contributed by atoms with Crippen molar-refractivity contribution >= 4 is 15.9 Å². The van der Waals surface area contributed by atoms with E-state index < -0.39 is 0 Å². The van der Waals surface area contributed by atoms with Gasteiger partial charge in [-0.15, -0.1) is 0 Å². The van der Waals surface area contributed by atoms with E-state index >= 15 is 0 Å². The lowest BCUT2D eigenvalue weighted by atomic mass is 10.2. The summed E-state index contributed by atoms with van der Waals surface area (Å²) < 4.78 is 6.00. The van der Waals surface area contributed by atoms with Crippen LogP contribution in [0.2, 0.25) is 0 Å². The summed E-state index contributed by atoms with van der Waals surface area (Å²) in [5.74, 6) is 0.911. The van der Waals surface area contributed by atoms with Gasteiger partial charge in [-0.3, -0.25) is 0 Å². The number of pyridine rings is 1. The van der Waals surface area contributed by atoms with Crippen molar-refractivity contribution in [2.24, 2.45) is 5.73 Å². The Morgan fingerprint density at radius 1 is 1.50 bits per heavy atom. The quantitative estimate of drug-likeness (QED) is 0.935. The Hall–Kier alpha value is -1.27. The van der Waals surface area contributed by atoms with Gasteiger partial charge in [0.05, 0.1) is 6.04 Å². The van der Waals surface area contributed by atoms with E-state index in [4.69, 9.17) is 10.3 Å². The first-order valence-corrected chi connectivity index (χ1v) is 5.71. The molecule has 0 saturated carbocycles. The first-order chi connectivity index (χ1) is 7.70. The zero-order chi connectivity index (χ0) is 11.5. The Morgan fingerprint density at radius 3 is 2.94 bits per heavy atom. The van der Waals surface area contributed by atoms with Crippen LogP contribution >= 0.6 is 15.9 Å². The molecular weight excluding hydrogens is 272 g/mol. The minimum atomic E-state index is -0.187. The number of hydrogen-bond donors (Lipinski definition) is 1. The van der Waals surface area contributed by atoms with Crippen molar-refractivity contribution in [3.8, 4) is 11.6 Å². The van der Waals surface area contributed by atoms with Gasteiger partial charge in [0, 0.05) is 10.7 Å². The van der Waals surface area contributed by atoms with Gasteiger partial charge in [-0.2, -0.15) is 4.98 Å². The van der Waals surface area contributed by atoms with E-state index in [9.17, 15) is 0 Å². The van der Waals surface area contributed by atoms with Crippen LogP contribution in [0.3, 0.4) is 0 Å². The molecule has 1 unspecified atom stereocenters. The van der Waals surface area contributed by atoms with E-state index in [2.05, 4.69) is 31.1 Å². The molecule has 16 heavy (non-hydrogen) atoms. The number of aromatic nitrogens is 3. The average Bonchev–Trinajstić information content (AvgIpc) is 2.78. The first-order valence-electron chi connectivity index (χ1n) is 4.92. The Labute approximate surface area is 101 Å². The zero-order valence-corrected chi connectivity index (χ0v) is 10.3. The fourth-order valence-electron chi connectivity index (χ4n) is 1.17. The van der Waals surface area contributed by atoms with E-state index in [0.717, 1.165) is 10.9 Å². The lowest BCUT2D eigenvalue weighted by Gasteiger charge is -1.99. The maximum absolute atomic E-state index is 5.80. The maximum atomic E-state index is 5.80. The predicted molar refractivity (Wildman–Crippen MR) is 62.4 cm³/mol. The van der Waals surface area contributed by atoms with Crippen LogP contribution in [0.25, 0.3) is 11.6 Å². The Kier molecular flexibility index (Phi) is 3.31. The van der Waals surface area contributed by atoms with E-state index in [0.29, 0.717) is 17.4 Å². The predicted octanol–water partition coefficient (Wildman–Crippen LogP) is 2.30. The van der Waals surface area contributed by atoms with Gasteiger partial charge in [-0.05, 0) is 34.5 Å². The molecule has 6 heteroatoms. The third-order valence-electron chi connectivity index (χ3n) is 2.16. The van der Waals surface area contributed by atoms with Crippen molar-refractivity contribution in [2.45, 2.75) is 19.4 Å². The number of nitrogens with two attached hydrogens (primary N) is 1. The molecule has 2 aromatic rings. The summed E-state index contributed by atoms with van der Waals surface area (Å²) in [6, 6.07) is 3.48. The summed E-state index contributed by atoms with van der Waals surface area (Å²) in [7, 11) is 0. The summed E-state index contributed by atoms with van der Waals surface area (Å²) in [5, 5.41) is 3.82. The fourth-order valence-corrected chi connectivity index (χ4v) is 1.41. The topological polar surface area (TPSA) is 77.8 Å². The maximum Gasteiger partial charge on any atom is 0.276 e. The van der Waals surface area contributed by atoms with Crippen LogP contribution in [0, 0.1) is 0 Å². The number of halogens is 1. The number of hydrogen-bond acceptors (Lipinski definition) is 5. The van der Waals surface area contributed by atoms with Crippen molar-refractivity contribution < 1.29 is 4.52 Å². The summed E-state index contributed by atoms with van der Waals surface area (Å²) in [4.78, 5) is 8.36. The molecular formula is C10H11BrN4O. The second-order valence-electron chi connectivity index (χ2n) is 3.33. The van der Waals surface area contributed by atoms with Crippen LogP contribution in [0.5, 0.6) is 0 Å². The van der Waals surface area contributed by atoms with Gasteiger partial charge in [0.15, 0.2) is 5.82 Å². The van der Waals surface area contributed by atoms with Gasteiger partial charge in [-0.1, -0.05) is 12.1 Å². The van der Waals surface area contributed by atoms with Crippen molar-refractivity contribution in [3.05, 3.63) is 28.6 Å². The lowest BCUT2D eigenvalue weighted by molar-refractivity contribution is 0.414. The molecule has 0 radical (unpaired) electrons. The highest BCUT2D eigenvalue weighted by molar-refractivity contribution is 9.10. The Morgan fingerprint density at radius 2 is 2.31 bits per heavy atom. The van der Waals surface area contributed by atoms with Crippen molar-refractivity contribution in [1.29, 1.82) is 0 Å². The van der Waals surface area contributed by atoms with Crippen LogP contribution in [0.4, 0.5) is 0 Å². The smallest absolute Gasteiger partial charge is 0.276 e. The van der Waals surface area contributed by atoms with Gasteiger partial charge >= 0.3 is 0 Å². The average molecular weight is 283 g/mol. The molecule has 0 bridgehead atoms. The van der Waals surface area contributed by atoms with Crippen LogP contribution in [0.15, 0.2) is 27.3 Å². The van der Waals surface area contributed by atoms with Crippen molar-refractivity contribution in [2.75, 3.05) is 0 Å². The molecule has 5 nitrogen and oxygen atoms in total. The van der Waals surface area contributed by atoms with Gasteiger partial charge in [-0.25, -0.2) is 4.98 Å². The van der Waals surface area contributed by atoms with Crippen LogP contribution in [-0.2, 0) is 0 Å². The number of nitrogens with zero attached hydrogens (tertiary/aromatic N) is 3. The molecule has 2 aromatic heterocycles. The molecule has 0 aromatic carbocycles. The minimum absolute atomic E-state index is 0.187. The van der Waals surface area contributed by atoms with Crippen LogP contribution < -0.4 is 5.73 Å². The molecule has 2 rings (SSSR count). The standard InChI is InChI=1S/C10H11BrN4O/c1-2-7(12)9-14-10(16-15-9)8-4-3-6(11)5-13-8/h3-5,7H,2,12H2,1H3. The molecule has 84 valence electrons. The molecule has 0 aliphatic carbocycles.